The number of rotatable bonds is 44. The van der Waals surface area contributed by atoms with Crippen molar-refractivity contribution in [1.82, 2.24) is 72.4 Å². The summed E-state index contributed by atoms with van der Waals surface area (Å²) in [5, 5.41) is 105. The molecule has 9 atom stereocenters. The monoisotopic (exact) mass is 1670 g/mol. The number of hydrogen-bond acceptors (Lipinski definition) is 22. The number of H-pyrrole nitrogens is 1. The van der Waals surface area contributed by atoms with E-state index in [4.69, 9.17) is 11.5 Å². The van der Waals surface area contributed by atoms with Gasteiger partial charge >= 0.3 is 23.9 Å². The number of fused-ring (bicyclic) bond motifs is 1. The van der Waals surface area contributed by atoms with E-state index in [-0.39, 0.29) is 144 Å². The second-order valence-corrected chi connectivity index (χ2v) is 29.3. The van der Waals surface area contributed by atoms with Gasteiger partial charge in [-0.25, -0.2) is 0 Å². The Kier molecular flexibility index (Phi) is 40.6. The number of nitrogens with two attached hydrogens (primary N) is 2. The third-order valence-corrected chi connectivity index (χ3v) is 19.6. The van der Waals surface area contributed by atoms with E-state index >= 15 is 0 Å². The second kappa shape index (κ2) is 49.2. The number of amides is 9. The van der Waals surface area contributed by atoms with E-state index in [1.807, 2.05) is 0 Å². The first-order valence-electron chi connectivity index (χ1n) is 38.3. The number of aromatic hydroxyl groups is 1. The minimum absolute atomic E-state index is 0. The summed E-state index contributed by atoms with van der Waals surface area (Å²) < 4.78 is 0. The number of hydrogen-bond donors (Lipinski definition) is 20. The van der Waals surface area contributed by atoms with Crippen LogP contribution in [0.25, 0.3) is 10.9 Å². The van der Waals surface area contributed by atoms with Crippen molar-refractivity contribution < 1.29 is 120 Å². The van der Waals surface area contributed by atoms with Crippen molar-refractivity contribution in [2.45, 2.75) is 152 Å². The van der Waals surface area contributed by atoms with E-state index in [0.717, 1.165) is 30.2 Å². The zero-order valence-corrected chi connectivity index (χ0v) is 66.0. The number of carboxylic acid groups (broad SMARTS) is 4. The number of aliphatic carboxylic acids is 4. The number of aliphatic imine (C=N–C) groups is 1. The number of guanidine groups is 1. The van der Waals surface area contributed by atoms with E-state index in [0.29, 0.717) is 29.5 Å². The predicted molar refractivity (Wildman–Crippen MR) is 419 cm³/mol. The second-order valence-electron chi connectivity index (χ2n) is 29.3. The zero-order valence-electron chi connectivity index (χ0n) is 65.0. The molecule has 3 aromatic carbocycles. The van der Waals surface area contributed by atoms with Gasteiger partial charge in [-0.1, -0.05) is 113 Å². The largest absolute Gasteiger partial charge is 0.511 e. The van der Waals surface area contributed by atoms with Crippen LogP contribution in [-0.2, 0) is 98.7 Å². The number of aliphatic hydroxyl groups excluding tert-OH is 3. The molecule has 9 amide bonds. The van der Waals surface area contributed by atoms with Crippen LogP contribution in [0, 0.1) is 11.8 Å². The number of phenolic OH excluding ortho intramolecular Hbond substituents is 1. The summed E-state index contributed by atoms with van der Waals surface area (Å²) in [4.78, 5) is 193. The fourth-order valence-electron chi connectivity index (χ4n) is 13.5. The maximum absolute atomic E-state index is 15.0. The van der Waals surface area contributed by atoms with Crippen LogP contribution in [-0.4, -0.2) is 301 Å². The molecule has 116 heavy (non-hydrogen) atoms. The summed E-state index contributed by atoms with van der Waals surface area (Å²) >= 11 is 0. The minimum atomic E-state index is -1.88. The van der Waals surface area contributed by atoms with Crippen molar-refractivity contribution in [3.05, 3.63) is 114 Å². The summed E-state index contributed by atoms with van der Waals surface area (Å²) in [5.74, 6) is -15.3. The number of carbonyl (C=O) groups is 13. The van der Waals surface area contributed by atoms with Gasteiger partial charge in [0.25, 0.3) is 0 Å². The molecule has 38 nitrogen and oxygen atoms in total. The molecule has 6 rings (SSSR count). The van der Waals surface area contributed by atoms with Crippen LogP contribution in [0.5, 0.6) is 5.75 Å². The molecule has 22 N–H and O–H groups in total. The van der Waals surface area contributed by atoms with Crippen molar-refractivity contribution in [1.29, 1.82) is 0 Å². The van der Waals surface area contributed by atoms with Gasteiger partial charge in [0.05, 0.1) is 45.8 Å². The van der Waals surface area contributed by atoms with Gasteiger partial charge < -0.3 is 105 Å². The first kappa shape index (κ1) is 95.8. The van der Waals surface area contributed by atoms with E-state index in [2.05, 4.69) is 64.4 Å². The summed E-state index contributed by atoms with van der Waals surface area (Å²) in [6.07, 6.45) is 3.31. The Hall–Kier alpha value is -10.8. The van der Waals surface area contributed by atoms with Crippen LogP contribution in [0.15, 0.2) is 102 Å². The molecule has 4 aromatic rings. The number of benzene rings is 3. The Labute approximate surface area is 681 Å². The van der Waals surface area contributed by atoms with Gasteiger partial charge in [0.15, 0.2) is 5.96 Å². The molecule has 1 aliphatic carbocycles. The molecule has 2 fully saturated rings. The number of nitrogens with one attached hydrogen (secondary N) is 10. The number of phenols is 1. The van der Waals surface area contributed by atoms with Crippen LogP contribution in [0.2, 0.25) is 0 Å². The standard InChI is InChI=1S/C77H111N17O21.Cu/c1-46(2)33-56(70(109)88-60(74(113)89-62(44-95)47(3)97)37-51-39-81-54-18-11-10-17-53(51)54)84-71(110)59(36-50-20-22-52(98)23-21-50)85-69(108)55(19-12-24-80-77(78)79)83-76(115)63(45-96)90-73(112)58(35-49-15-8-5-9-16-49)86-72(111)57(34-48-13-6-4-7-14-48)87-75(114)61(38-65(100)101)82-64(99)40-91-25-27-92(41-66(102)103)29-31-94(43-68(106)107)32-30-93(28-26-91)42-67(104)105;/h5,8-11,15-18,20-23,39,46,48,55-63,81,95-98H,3-4,6-7,12-14,19,24-38,40-45H2,1-2H3,(H,82,99)(H,83,115)(H,84,110)(H,85,108)(H,86,111)(H,87,114)(H,88,109)(H,89,113)(H,90,112)(H,100,101)(H,102,103)(H,104,105)(H,106,107)(H4,78,79,80);/t55?,56-,57+,58?,59+,60+,61-,62+,63?;/m1./s1/i;1+0. The number of para-hydroxylation sites is 1. The van der Waals surface area contributed by atoms with Gasteiger partial charge in [-0.05, 0) is 72.4 Å². The molecule has 1 radical (unpaired) electrons. The Balaban J connectivity index is 0.0000240. The number of carbonyl (C=O) groups excluding carboxylic acids is 9. The summed E-state index contributed by atoms with van der Waals surface area (Å²) in [7, 11) is 0. The molecule has 0 spiro atoms. The Bertz CT molecular complexity index is 3940. The van der Waals surface area contributed by atoms with Crippen LogP contribution >= 0.6 is 0 Å². The number of carboxylic acids is 4. The van der Waals surface area contributed by atoms with E-state index in [1.54, 1.807) is 84.4 Å². The average Bonchev–Trinajstić information content (AvgIpc) is 1.70. The Morgan fingerprint density at radius 2 is 0.897 bits per heavy atom. The van der Waals surface area contributed by atoms with Crippen molar-refractivity contribution in [2.24, 2.45) is 28.3 Å². The van der Waals surface area contributed by atoms with Crippen LogP contribution < -0.4 is 59.3 Å². The number of aromatic nitrogens is 1. The molecule has 3 unspecified atom stereocenters. The Morgan fingerprint density at radius 1 is 0.483 bits per heavy atom. The van der Waals surface area contributed by atoms with Gasteiger partial charge in [0.1, 0.15) is 65.9 Å². The van der Waals surface area contributed by atoms with E-state index in [1.165, 1.54) is 34.1 Å². The van der Waals surface area contributed by atoms with Gasteiger partial charge in [0.2, 0.25) is 53.2 Å². The third kappa shape index (κ3) is 33.9. The van der Waals surface area contributed by atoms with Gasteiger partial charge in [-0.2, -0.15) is 0 Å². The first-order valence-corrected chi connectivity index (χ1v) is 38.3. The smallest absolute Gasteiger partial charge is 0.317 e. The molecular weight excluding hydrogens is 1560 g/mol. The normalized spacial score (nSPS) is 16.5. The van der Waals surface area contributed by atoms with E-state index in [9.17, 15) is 103 Å². The van der Waals surface area contributed by atoms with Crippen LogP contribution in [0.3, 0.4) is 0 Å². The van der Waals surface area contributed by atoms with Gasteiger partial charge in [-0.15, -0.1) is 0 Å². The minimum Gasteiger partial charge on any atom is -0.511 e. The summed E-state index contributed by atoms with van der Waals surface area (Å²) in [5.41, 5.74) is 13.4. The predicted octanol–water partition coefficient (Wildman–Crippen LogP) is -2.66. The molecule has 1 saturated heterocycles. The maximum Gasteiger partial charge on any atom is 0.317 e. The molecule has 2 heterocycles. The molecule has 1 aliphatic heterocycles. The fourth-order valence-corrected chi connectivity index (χ4v) is 13.5. The Morgan fingerprint density at radius 3 is 1.39 bits per heavy atom. The molecule has 1 saturated carbocycles. The molecular formula is C77H111CuN17O21. The molecule has 641 valence electrons. The number of aromatic amines is 1. The molecule has 0 bridgehead atoms. The van der Waals surface area contributed by atoms with Crippen molar-refractivity contribution in [3.8, 4) is 5.75 Å². The number of aliphatic hydroxyl groups is 3. The quantitative estimate of drug-likeness (QED) is 0.00706. The van der Waals surface area contributed by atoms with Crippen LogP contribution in [0.1, 0.15) is 94.7 Å². The topological polar surface area (TPSA) is 585 Å². The summed E-state index contributed by atoms with van der Waals surface area (Å²) in [6, 6.07) is 6.92. The molecule has 39 heteroatoms. The molecule has 1 aromatic heterocycles. The van der Waals surface area contributed by atoms with E-state index < -0.39 is 183 Å². The maximum atomic E-state index is 15.0. The first-order chi connectivity index (χ1) is 54.7. The fraction of sp³-hybridized carbons (Fsp3) is 0.532. The zero-order chi connectivity index (χ0) is 84.3. The third-order valence-electron chi connectivity index (χ3n) is 19.6. The van der Waals surface area contributed by atoms with Gasteiger partial charge in [-0.3, -0.25) is 86.9 Å². The van der Waals surface area contributed by atoms with Crippen LogP contribution in [0.4, 0.5) is 0 Å². The summed E-state index contributed by atoms with van der Waals surface area (Å²) in [6.45, 7) is 3.61. The average molecular weight is 1670 g/mol. The number of nitrogens with zero attached hydrogens (tertiary/aromatic N) is 5. The van der Waals surface area contributed by atoms with Gasteiger partial charge in [0, 0.05) is 112 Å². The van der Waals surface area contributed by atoms with Crippen molar-refractivity contribution in [3.63, 3.8) is 0 Å². The molecule has 2 aliphatic rings. The van der Waals surface area contributed by atoms with Crippen molar-refractivity contribution in [2.75, 3.05) is 98.3 Å². The van der Waals surface area contributed by atoms with Crippen molar-refractivity contribution >= 4 is 93.9 Å². The SMILES string of the molecule is C=C(O)[C@H](CO)NC(=O)[C@H](Cc1c[nH]c2ccccc12)NC(=O)[C@@H](CC(C)C)NC(=O)[C@H](Cc1ccc(O)cc1)NC(=O)C(CCCN=C(N)N)NC(=O)C(CO)NC(=O)C(Cc1ccccc1)NC(=O)[C@H](CC1CCCCC1)NC(=O)[C@@H](CC(=O)O)NC(=O)CN1CCN(CC(=O)O)CCN(CC(=O)O)CCN(CC(=O)O)CC1.[64Cu].